The second-order valence-corrected chi connectivity index (χ2v) is 4.35. The van der Waals surface area contributed by atoms with Crippen molar-refractivity contribution in [3.05, 3.63) is 59.9 Å². The summed E-state index contributed by atoms with van der Waals surface area (Å²) in [4.78, 5) is 7.01. The van der Waals surface area contributed by atoms with E-state index in [1.165, 1.54) is 6.07 Å². The molecule has 20 heavy (non-hydrogen) atoms. The van der Waals surface area contributed by atoms with Crippen LogP contribution in [0, 0.1) is 11.6 Å². The van der Waals surface area contributed by atoms with Crippen LogP contribution in [0.5, 0.6) is 5.75 Å². The minimum Gasteiger partial charge on any atom is -0.493 e. The molecule has 0 fully saturated rings. The maximum atomic E-state index is 13.5. The molecule has 2 aromatic carbocycles. The molecule has 0 spiro atoms. The van der Waals surface area contributed by atoms with Crippen LogP contribution in [0.25, 0.3) is 11.0 Å². The first-order chi connectivity index (χ1) is 9.74. The summed E-state index contributed by atoms with van der Waals surface area (Å²) in [6.45, 7) is 0.411. The number of H-pyrrole nitrogens is 1. The van der Waals surface area contributed by atoms with Crippen LogP contribution in [0.15, 0.2) is 42.5 Å². The number of hydrogen-bond donors (Lipinski definition) is 1. The molecule has 1 heterocycles. The first kappa shape index (κ1) is 12.6. The molecule has 0 amide bonds. The van der Waals surface area contributed by atoms with Crippen molar-refractivity contribution in [2.24, 2.45) is 0 Å². The Balaban J connectivity index is 1.71. The van der Waals surface area contributed by atoms with Crippen molar-refractivity contribution in [1.29, 1.82) is 0 Å². The Bertz CT molecular complexity index is 725. The highest BCUT2D eigenvalue weighted by molar-refractivity contribution is 5.75. The van der Waals surface area contributed by atoms with Crippen molar-refractivity contribution in [1.82, 2.24) is 9.97 Å². The van der Waals surface area contributed by atoms with Crippen LogP contribution in [0.2, 0.25) is 0 Å². The number of para-hydroxylation sites is 1. The molecule has 0 unspecified atom stereocenters. The second kappa shape index (κ2) is 5.28. The summed E-state index contributed by atoms with van der Waals surface area (Å²) in [5, 5.41) is 0. The van der Waals surface area contributed by atoms with Gasteiger partial charge in [-0.15, -0.1) is 0 Å². The monoisotopic (exact) mass is 274 g/mol. The third-order valence-electron chi connectivity index (χ3n) is 2.95. The van der Waals surface area contributed by atoms with Crippen LogP contribution in [0.4, 0.5) is 8.78 Å². The fourth-order valence-electron chi connectivity index (χ4n) is 1.97. The Hall–Kier alpha value is -2.43. The SMILES string of the molecule is Fc1ccc2[nH]c(CCOc3ccccc3)nc2c1F. The van der Waals surface area contributed by atoms with Crippen molar-refractivity contribution >= 4 is 11.0 Å². The topological polar surface area (TPSA) is 37.9 Å². The zero-order chi connectivity index (χ0) is 13.9. The molecule has 0 saturated heterocycles. The van der Waals surface area contributed by atoms with Gasteiger partial charge in [-0.25, -0.2) is 13.8 Å². The number of aromatic nitrogens is 2. The number of benzene rings is 2. The molecule has 1 aromatic heterocycles. The molecular weight excluding hydrogens is 262 g/mol. The molecule has 1 N–H and O–H groups in total. The largest absolute Gasteiger partial charge is 0.493 e. The van der Waals surface area contributed by atoms with Crippen LogP contribution in [0.1, 0.15) is 5.82 Å². The molecule has 3 nitrogen and oxygen atoms in total. The molecule has 0 aliphatic heterocycles. The van der Waals surface area contributed by atoms with Crippen LogP contribution < -0.4 is 4.74 Å². The summed E-state index contributed by atoms with van der Waals surface area (Å²) in [7, 11) is 0. The zero-order valence-corrected chi connectivity index (χ0v) is 10.6. The lowest BCUT2D eigenvalue weighted by atomic mass is 10.3. The third-order valence-corrected chi connectivity index (χ3v) is 2.95. The smallest absolute Gasteiger partial charge is 0.186 e. The fraction of sp³-hybridized carbons (Fsp3) is 0.133. The highest BCUT2D eigenvalue weighted by Gasteiger charge is 2.11. The number of aromatic amines is 1. The molecule has 3 aromatic rings. The third kappa shape index (κ3) is 2.47. The summed E-state index contributed by atoms with van der Waals surface area (Å²) in [6.07, 6.45) is 0.491. The number of nitrogens with one attached hydrogen (secondary N) is 1. The molecule has 0 saturated carbocycles. The van der Waals surface area contributed by atoms with E-state index in [0.29, 0.717) is 24.4 Å². The number of halogens is 2. The Morgan fingerprint density at radius 1 is 1.05 bits per heavy atom. The predicted octanol–water partition coefficient (Wildman–Crippen LogP) is 3.46. The van der Waals surface area contributed by atoms with Gasteiger partial charge < -0.3 is 9.72 Å². The average Bonchev–Trinajstić information content (AvgIpc) is 2.88. The predicted molar refractivity (Wildman–Crippen MR) is 71.7 cm³/mol. The summed E-state index contributed by atoms with van der Waals surface area (Å²) in [5.74, 6) is -0.480. The lowest BCUT2D eigenvalue weighted by Gasteiger charge is -2.03. The highest BCUT2D eigenvalue weighted by atomic mass is 19.2. The Kier molecular flexibility index (Phi) is 3.33. The quantitative estimate of drug-likeness (QED) is 0.791. The van der Waals surface area contributed by atoms with E-state index in [4.69, 9.17) is 4.74 Å². The normalized spacial score (nSPS) is 10.9. The van der Waals surface area contributed by atoms with E-state index in [9.17, 15) is 8.78 Å². The van der Waals surface area contributed by atoms with E-state index >= 15 is 0 Å². The second-order valence-electron chi connectivity index (χ2n) is 4.35. The number of ether oxygens (including phenoxy) is 1. The van der Waals surface area contributed by atoms with E-state index in [0.717, 1.165) is 11.8 Å². The number of hydrogen-bond acceptors (Lipinski definition) is 2. The maximum absolute atomic E-state index is 13.5. The first-order valence-corrected chi connectivity index (χ1v) is 6.24. The summed E-state index contributed by atoms with van der Waals surface area (Å²) >= 11 is 0. The van der Waals surface area contributed by atoms with Gasteiger partial charge in [-0.3, -0.25) is 0 Å². The van der Waals surface area contributed by atoms with Gasteiger partial charge in [-0.2, -0.15) is 0 Å². The van der Waals surface area contributed by atoms with Gasteiger partial charge >= 0.3 is 0 Å². The Morgan fingerprint density at radius 2 is 1.85 bits per heavy atom. The minimum absolute atomic E-state index is 0.0275. The lowest BCUT2D eigenvalue weighted by molar-refractivity contribution is 0.319. The van der Waals surface area contributed by atoms with E-state index in [-0.39, 0.29) is 5.52 Å². The maximum Gasteiger partial charge on any atom is 0.186 e. The van der Waals surface area contributed by atoms with E-state index in [2.05, 4.69) is 9.97 Å². The number of imidazole rings is 1. The van der Waals surface area contributed by atoms with Crippen molar-refractivity contribution in [2.45, 2.75) is 6.42 Å². The molecule has 0 bridgehead atoms. The van der Waals surface area contributed by atoms with Gasteiger partial charge in [0.2, 0.25) is 0 Å². The van der Waals surface area contributed by atoms with Crippen LogP contribution in [-0.2, 0) is 6.42 Å². The number of rotatable bonds is 4. The Morgan fingerprint density at radius 3 is 2.65 bits per heavy atom. The van der Waals surface area contributed by atoms with E-state index in [1.807, 2.05) is 30.3 Å². The molecule has 0 radical (unpaired) electrons. The van der Waals surface area contributed by atoms with Gasteiger partial charge in [0.05, 0.1) is 12.1 Å². The van der Waals surface area contributed by atoms with Gasteiger partial charge in [-0.1, -0.05) is 18.2 Å². The fourth-order valence-corrected chi connectivity index (χ4v) is 1.97. The molecule has 0 aliphatic carbocycles. The van der Waals surface area contributed by atoms with Gasteiger partial charge in [-0.05, 0) is 24.3 Å². The number of nitrogens with zero attached hydrogens (tertiary/aromatic N) is 1. The molecule has 3 rings (SSSR count). The zero-order valence-electron chi connectivity index (χ0n) is 10.6. The van der Waals surface area contributed by atoms with Gasteiger partial charge in [0.1, 0.15) is 17.1 Å². The minimum atomic E-state index is -0.922. The van der Waals surface area contributed by atoms with Gasteiger partial charge in [0, 0.05) is 6.42 Å². The van der Waals surface area contributed by atoms with Gasteiger partial charge in [0.15, 0.2) is 11.6 Å². The summed E-state index contributed by atoms with van der Waals surface area (Å²) in [5.41, 5.74) is 0.512. The van der Waals surface area contributed by atoms with E-state index < -0.39 is 11.6 Å². The average molecular weight is 274 g/mol. The summed E-state index contributed by atoms with van der Waals surface area (Å²) < 4.78 is 32.1. The van der Waals surface area contributed by atoms with Crippen molar-refractivity contribution in [3.8, 4) is 5.75 Å². The first-order valence-electron chi connectivity index (χ1n) is 6.24. The lowest BCUT2D eigenvalue weighted by Crippen LogP contribution is -2.02. The van der Waals surface area contributed by atoms with Crippen LogP contribution in [-0.4, -0.2) is 16.6 Å². The number of fused-ring (bicyclic) bond motifs is 1. The summed E-state index contributed by atoms with van der Waals surface area (Å²) in [6, 6.07) is 11.9. The molecule has 0 atom stereocenters. The van der Waals surface area contributed by atoms with Gasteiger partial charge in [0.25, 0.3) is 0 Å². The van der Waals surface area contributed by atoms with Crippen LogP contribution in [0.3, 0.4) is 0 Å². The molecule has 0 aliphatic rings. The molecule has 102 valence electrons. The van der Waals surface area contributed by atoms with Crippen molar-refractivity contribution in [3.63, 3.8) is 0 Å². The van der Waals surface area contributed by atoms with Crippen LogP contribution >= 0.6 is 0 Å². The van der Waals surface area contributed by atoms with E-state index in [1.54, 1.807) is 0 Å². The van der Waals surface area contributed by atoms with Crippen molar-refractivity contribution in [2.75, 3.05) is 6.61 Å². The van der Waals surface area contributed by atoms with Crippen molar-refractivity contribution < 1.29 is 13.5 Å². The molecular formula is C15H12F2N2O. The Labute approximate surface area is 114 Å². The highest BCUT2D eigenvalue weighted by Crippen LogP contribution is 2.18. The molecule has 5 heteroatoms. The standard InChI is InChI=1S/C15H12F2N2O/c16-11-6-7-12-15(14(11)17)19-13(18-12)8-9-20-10-4-2-1-3-5-10/h1-7H,8-9H2,(H,18,19).